The Morgan fingerprint density at radius 1 is 1.10 bits per heavy atom. The molecule has 20 heavy (non-hydrogen) atoms. The normalized spacial score (nSPS) is 10.1. The van der Waals surface area contributed by atoms with Crippen LogP contribution in [0.4, 0.5) is 0 Å². The van der Waals surface area contributed by atoms with Crippen LogP contribution in [0.5, 0.6) is 5.75 Å². The molecule has 0 N–H and O–H groups in total. The van der Waals surface area contributed by atoms with E-state index in [0.29, 0.717) is 23.5 Å². The quantitative estimate of drug-likeness (QED) is 0.595. The minimum Gasteiger partial charge on any atom is -0.493 e. The molecule has 0 unspecified atom stereocenters. The SMILES string of the molecule is CCOc1ccncc1C(=O)CC(=O)c1cccnc1. The Bertz CT molecular complexity index is 612. The number of carbonyl (C=O) groups excluding carboxylic acids is 2. The van der Waals surface area contributed by atoms with Gasteiger partial charge in [0.2, 0.25) is 0 Å². The Hall–Kier alpha value is -2.56. The van der Waals surface area contributed by atoms with Crippen molar-refractivity contribution in [3.63, 3.8) is 0 Å². The summed E-state index contributed by atoms with van der Waals surface area (Å²) in [5.41, 5.74) is 0.745. The second-order valence-corrected chi connectivity index (χ2v) is 4.07. The van der Waals surface area contributed by atoms with Gasteiger partial charge in [0.15, 0.2) is 11.6 Å². The van der Waals surface area contributed by atoms with Crippen LogP contribution in [0.1, 0.15) is 34.1 Å². The number of ketones is 2. The van der Waals surface area contributed by atoms with Gasteiger partial charge in [0.1, 0.15) is 5.75 Å². The lowest BCUT2D eigenvalue weighted by Crippen LogP contribution is -2.11. The van der Waals surface area contributed by atoms with E-state index in [1.165, 1.54) is 12.4 Å². The van der Waals surface area contributed by atoms with Crippen LogP contribution in [-0.2, 0) is 0 Å². The fourth-order valence-corrected chi connectivity index (χ4v) is 1.74. The number of ether oxygens (including phenoxy) is 1. The molecular formula is C15H14N2O3. The standard InChI is InChI=1S/C15H14N2O3/c1-2-20-15-5-7-17-10-12(15)14(19)8-13(18)11-4-3-6-16-9-11/h3-7,9-10H,2,8H2,1H3. The minimum absolute atomic E-state index is 0.225. The van der Waals surface area contributed by atoms with Crippen molar-refractivity contribution in [2.75, 3.05) is 6.61 Å². The lowest BCUT2D eigenvalue weighted by molar-refractivity contribution is 0.0892. The topological polar surface area (TPSA) is 69.2 Å². The fourth-order valence-electron chi connectivity index (χ4n) is 1.74. The number of hydrogen-bond acceptors (Lipinski definition) is 5. The Labute approximate surface area is 116 Å². The van der Waals surface area contributed by atoms with Crippen molar-refractivity contribution in [1.82, 2.24) is 9.97 Å². The van der Waals surface area contributed by atoms with Crippen LogP contribution in [-0.4, -0.2) is 28.1 Å². The van der Waals surface area contributed by atoms with Crippen molar-refractivity contribution in [2.45, 2.75) is 13.3 Å². The molecule has 0 amide bonds. The molecule has 0 aromatic carbocycles. The van der Waals surface area contributed by atoms with E-state index in [4.69, 9.17) is 4.74 Å². The molecule has 5 nitrogen and oxygen atoms in total. The van der Waals surface area contributed by atoms with Gasteiger partial charge in [0.05, 0.1) is 18.6 Å². The summed E-state index contributed by atoms with van der Waals surface area (Å²) in [6.45, 7) is 2.27. The molecule has 0 saturated heterocycles. The highest BCUT2D eigenvalue weighted by molar-refractivity contribution is 6.14. The van der Waals surface area contributed by atoms with Gasteiger partial charge in [-0.05, 0) is 25.1 Å². The highest BCUT2D eigenvalue weighted by atomic mass is 16.5. The summed E-state index contributed by atoms with van der Waals surface area (Å²) in [6, 6.07) is 4.91. The number of pyridine rings is 2. The number of carbonyl (C=O) groups is 2. The van der Waals surface area contributed by atoms with E-state index in [1.807, 2.05) is 6.92 Å². The summed E-state index contributed by atoms with van der Waals surface area (Å²) in [6.07, 6.45) is 5.77. The third kappa shape index (κ3) is 3.26. The van der Waals surface area contributed by atoms with Crippen LogP contribution in [0.15, 0.2) is 43.0 Å². The average molecular weight is 270 g/mol. The Morgan fingerprint density at radius 2 is 1.90 bits per heavy atom. The lowest BCUT2D eigenvalue weighted by Gasteiger charge is -2.08. The van der Waals surface area contributed by atoms with Gasteiger partial charge in [0, 0.05) is 30.4 Å². The molecule has 102 valence electrons. The number of aromatic nitrogens is 2. The Balaban J connectivity index is 2.15. The molecular weight excluding hydrogens is 256 g/mol. The van der Waals surface area contributed by atoms with Gasteiger partial charge in [-0.15, -0.1) is 0 Å². The zero-order chi connectivity index (χ0) is 14.4. The smallest absolute Gasteiger partial charge is 0.175 e. The highest BCUT2D eigenvalue weighted by Gasteiger charge is 2.17. The van der Waals surface area contributed by atoms with Crippen molar-refractivity contribution in [1.29, 1.82) is 0 Å². The summed E-state index contributed by atoms with van der Waals surface area (Å²) in [4.78, 5) is 31.9. The summed E-state index contributed by atoms with van der Waals surface area (Å²) in [7, 11) is 0. The molecule has 0 aliphatic carbocycles. The third-order valence-corrected chi connectivity index (χ3v) is 2.69. The summed E-state index contributed by atoms with van der Waals surface area (Å²) in [5, 5.41) is 0. The first-order valence-electron chi connectivity index (χ1n) is 6.25. The largest absolute Gasteiger partial charge is 0.493 e. The average Bonchev–Trinajstić information content (AvgIpc) is 2.49. The highest BCUT2D eigenvalue weighted by Crippen LogP contribution is 2.19. The second-order valence-electron chi connectivity index (χ2n) is 4.07. The summed E-state index contributed by atoms with van der Waals surface area (Å²) in [5.74, 6) is -0.128. The van der Waals surface area contributed by atoms with Crippen molar-refractivity contribution in [3.8, 4) is 5.75 Å². The predicted octanol–water partition coefficient (Wildman–Crippen LogP) is 2.33. The van der Waals surface area contributed by atoms with E-state index < -0.39 is 0 Å². The number of rotatable bonds is 6. The van der Waals surface area contributed by atoms with Crippen LogP contribution in [0, 0.1) is 0 Å². The van der Waals surface area contributed by atoms with Gasteiger partial charge in [-0.3, -0.25) is 19.6 Å². The molecule has 2 rings (SSSR count). The molecule has 0 radical (unpaired) electrons. The summed E-state index contributed by atoms with van der Waals surface area (Å²) < 4.78 is 5.36. The van der Waals surface area contributed by atoms with E-state index in [1.54, 1.807) is 30.6 Å². The molecule has 0 fully saturated rings. The predicted molar refractivity (Wildman–Crippen MR) is 72.9 cm³/mol. The second kappa shape index (κ2) is 6.56. The van der Waals surface area contributed by atoms with E-state index in [9.17, 15) is 9.59 Å². The zero-order valence-corrected chi connectivity index (χ0v) is 11.1. The van der Waals surface area contributed by atoms with Crippen molar-refractivity contribution < 1.29 is 14.3 Å². The zero-order valence-electron chi connectivity index (χ0n) is 11.1. The first-order valence-corrected chi connectivity index (χ1v) is 6.25. The van der Waals surface area contributed by atoms with Crippen LogP contribution in [0.2, 0.25) is 0 Å². The van der Waals surface area contributed by atoms with Crippen molar-refractivity contribution >= 4 is 11.6 Å². The minimum atomic E-state index is -0.310. The molecule has 2 aromatic rings. The molecule has 0 spiro atoms. The van der Waals surface area contributed by atoms with Gasteiger partial charge in [-0.2, -0.15) is 0 Å². The van der Waals surface area contributed by atoms with Crippen LogP contribution in [0.3, 0.4) is 0 Å². The summed E-state index contributed by atoms with van der Waals surface area (Å²) >= 11 is 0. The first kappa shape index (κ1) is 13.9. The molecule has 0 bridgehead atoms. The van der Waals surface area contributed by atoms with E-state index in [-0.39, 0.29) is 18.0 Å². The molecule has 2 heterocycles. The van der Waals surface area contributed by atoms with Gasteiger partial charge >= 0.3 is 0 Å². The van der Waals surface area contributed by atoms with Crippen LogP contribution >= 0.6 is 0 Å². The molecule has 0 aliphatic rings. The Kier molecular flexibility index (Phi) is 4.55. The molecule has 5 heteroatoms. The third-order valence-electron chi connectivity index (χ3n) is 2.69. The lowest BCUT2D eigenvalue weighted by atomic mass is 10.0. The molecule has 0 aliphatic heterocycles. The number of Topliss-reactive ketones (excluding diaryl/α,β-unsaturated/α-hetero) is 2. The van der Waals surface area contributed by atoms with Crippen molar-refractivity contribution in [3.05, 3.63) is 54.1 Å². The monoisotopic (exact) mass is 270 g/mol. The van der Waals surface area contributed by atoms with Crippen molar-refractivity contribution in [2.24, 2.45) is 0 Å². The molecule has 2 aromatic heterocycles. The first-order chi connectivity index (χ1) is 9.72. The van der Waals surface area contributed by atoms with Gasteiger partial charge in [-0.25, -0.2) is 0 Å². The fraction of sp³-hybridized carbons (Fsp3) is 0.200. The van der Waals surface area contributed by atoms with E-state index in [2.05, 4.69) is 9.97 Å². The van der Waals surface area contributed by atoms with Crippen LogP contribution < -0.4 is 4.74 Å². The molecule has 0 atom stereocenters. The van der Waals surface area contributed by atoms with Gasteiger partial charge < -0.3 is 4.74 Å². The van der Waals surface area contributed by atoms with Gasteiger partial charge in [-0.1, -0.05) is 0 Å². The van der Waals surface area contributed by atoms with Crippen LogP contribution in [0.25, 0.3) is 0 Å². The maximum Gasteiger partial charge on any atom is 0.175 e. The molecule has 0 saturated carbocycles. The van der Waals surface area contributed by atoms with Gasteiger partial charge in [0.25, 0.3) is 0 Å². The Morgan fingerprint density at radius 3 is 2.60 bits per heavy atom. The van der Waals surface area contributed by atoms with E-state index >= 15 is 0 Å². The maximum atomic E-state index is 12.2. The number of nitrogens with zero attached hydrogens (tertiary/aromatic N) is 2. The van der Waals surface area contributed by atoms with E-state index in [0.717, 1.165) is 0 Å². The maximum absolute atomic E-state index is 12.2. The number of hydrogen-bond donors (Lipinski definition) is 0.